The van der Waals surface area contributed by atoms with Crippen molar-refractivity contribution in [1.29, 1.82) is 0 Å². The van der Waals surface area contributed by atoms with Gasteiger partial charge in [-0.1, -0.05) is 34.8 Å². The molecule has 0 radical (unpaired) electrons. The van der Waals surface area contributed by atoms with E-state index in [1.54, 1.807) is 25.9 Å². The summed E-state index contributed by atoms with van der Waals surface area (Å²) in [6.45, 7) is 3.06. The summed E-state index contributed by atoms with van der Waals surface area (Å²) in [6.07, 6.45) is 1.51. The van der Waals surface area contributed by atoms with Crippen molar-refractivity contribution in [3.63, 3.8) is 0 Å². The number of nitrogens with zero attached hydrogens (tertiary/aromatic N) is 4. The van der Waals surface area contributed by atoms with Gasteiger partial charge in [0.25, 0.3) is 0 Å². The molecule has 0 aliphatic rings. The second-order valence-electron chi connectivity index (χ2n) is 4.09. The van der Waals surface area contributed by atoms with E-state index in [0.717, 1.165) is 0 Å². The summed E-state index contributed by atoms with van der Waals surface area (Å²) in [4.78, 5) is 25.5. The summed E-state index contributed by atoms with van der Waals surface area (Å²) in [5, 5.41) is 0. The molecule has 8 heteroatoms. The van der Waals surface area contributed by atoms with E-state index in [-0.39, 0.29) is 17.4 Å². The molecule has 0 bridgehead atoms. The molecule has 0 atom stereocenters. The Morgan fingerprint density at radius 2 is 1.89 bits per heavy atom. The SMILES string of the molecule is CC(=O)c1c(C)nc(C(Cl)(Cl)Cl)nc1N=CN(C)C. The molecule has 0 N–H and O–H groups in total. The van der Waals surface area contributed by atoms with Crippen LogP contribution in [0.5, 0.6) is 0 Å². The molecule has 5 nitrogen and oxygen atoms in total. The maximum absolute atomic E-state index is 11.6. The van der Waals surface area contributed by atoms with Gasteiger partial charge in [-0.05, 0) is 13.8 Å². The Hall–Kier alpha value is -0.910. The van der Waals surface area contributed by atoms with Crippen LogP contribution in [-0.2, 0) is 3.79 Å². The first-order valence-electron chi connectivity index (χ1n) is 5.30. The van der Waals surface area contributed by atoms with Crippen molar-refractivity contribution in [3.8, 4) is 0 Å². The Morgan fingerprint density at radius 3 is 2.32 bits per heavy atom. The average Bonchev–Trinajstić information content (AvgIpc) is 2.23. The number of alkyl halides is 3. The fraction of sp³-hybridized carbons (Fsp3) is 0.455. The highest BCUT2D eigenvalue weighted by atomic mass is 35.6. The maximum atomic E-state index is 11.6. The van der Waals surface area contributed by atoms with E-state index in [0.29, 0.717) is 11.3 Å². The number of halogens is 3. The van der Waals surface area contributed by atoms with Gasteiger partial charge in [-0.3, -0.25) is 4.79 Å². The molecule has 0 aliphatic heterocycles. The van der Waals surface area contributed by atoms with Crippen LogP contribution in [0.4, 0.5) is 5.82 Å². The minimum Gasteiger partial charge on any atom is -0.369 e. The number of carbonyl (C=O) groups excluding carboxylic acids is 1. The third-order valence-corrected chi connectivity index (χ3v) is 2.59. The summed E-state index contributed by atoms with van der Waals surface area (Å²) in [5.41, 5.74) is 0.742. The summed E-state index contributed by atoms with van der Waals surface area (Å²) in [6, 6.07) is 0. The number of ketones is 1. The molecular formula is C11H13Cl3N4O. The average molecular weight is 324 g/mol. The molecule has 0 spiro atoms. The zero-order valence-electron chi connectivity index (χ0n) is 10.9. The predicted molar refractivity (Wildman–Crippen MR) is 77.8 cm³/mol. The lowest BCUT2D eigenvalue weighted by atomic mass is 10.1. The molecule has 1 aromatic heterocycles. The van der Waals surface area contributed by atoms with E-state index >= 15 is 0 Å². The van der Waals surface area contributed by atoms with E-state index in [1.165, 1.54) is 13.3 Å². The highest BCUT2D eigenvalue weighted by molar-refractivity contribution is 6.66. The Bertz CT molecular complexity index is 523. The van der Waals surface area contributed by atoms with E-state index in [2.05, 4.69) is 15.0 Å². The quantitative estimate of drug-likeness (QED) is 0.371. The third-order valence-electron chi connectivity index (χ3n) is 2.09. The number of hydrogen-bond acceptors (Lipinski definition) is 4. The lowest BCUT2D eigenvalue weighted by Crippen LogP contribution is -2.13. The first-order valence-corrected chi connectivity index (χ1v) is 6.43. The van der Waals surface area contributed by atoms with Crippen LogP contribution in [0.15, 0.2) is 4.99 Å². The van der Waals surface area contributed by atoms with E-state index < -0.39 is 3.79 Å². The number of rotatable bonds is 3. The van der Waals surface area contributed by atoms with Crippen LogP contribution in [0.3, 0.4) is 0 Å². The van der Waals surface area contributed by atoms with Crippen LogP contribution in [0.25, 0.3) is 0 Å². The second kappa shape index (κ2) is 6.03. The number of carbonyl (C=O) groups is 1. The Balaban J connectivity index is 3.46. The van der Waals surface area contributed by atoms with Gasteiger partial charge in [0.05, 0.1) is 17.6 Å². The van der Waals surface area contributed by atoms with Gasteiger partial charge >= 0.3 is 0 Å². The van der Waals surface area contributed by atoms with Crippen molar-refractivity contribution in [2.45, 2.75) is 17.6 Å². The molecule has 0 saturated carbocycles. The smallest absolute Gasteiger partial charge is 0.250 e. The minimum absolute atomic E-state index is 0.00842. The largest absolute Gasteiger partial charge is 0.369 e. The van der Waals surface area contributed by atoms with Crippen molar-refractivity contribution >= 4 is 52.7 Å². The standard InChI is InChI=1S/C11H13Cl3N4O/c1-6-8(7(2)19)9(15-5-18(3)4)17-10(16-6)11(12,13)14/h5H,1-4H3. The molecule has 0 amide bonds. The number of aliphatic imine (C=N–C) groups is 1. The second-order valence-corrected chi connectivity index (χ2v) is 6.37. The number of aromatic nitrogens is 2. The highest BCUT2D eigenvalue weighted by Gasteiger charge is 2.29. The minimum atomic E-state index is -1.76. The number of aryl methyl sites for hydroxylation is 1. The van der Waals surface area contributed by atoms with Crippen LogP contribution in [-0.4, -0.2) is 41.1 Å². The van der Waals surface area contributed by atoms with Crippen LogP contribution in [0.1, 0.15) is 28.8 Å². The summed E-state index contributed by atoms with van der Waals surface area (Å²) in [7, 11) is 3.59. The normalized spacial score (nSPS) is 11.9. The molecular weight excluding hydrogens is 311 g/mol. The Labute approximate surface area is 126 Å². The molecule has 0 aliphatic carbocycles. The van der Waals surface area contributed by atoms with Gasteiger partial charge in [-0.25, -0.2) is 15.0 Å². The highest BCUT2D eigenvalue weighted by Crippen LogP contribution is 2.37. The van der Waals surface area contributed by atoms with Crippen molar-refractivity contribution in [3.05, 3.63) is 17.1 Å². The fourth-order valence-electron chi connectivity index (χ4n) is 1.36. The van der Waals surface area contributed by atoms with Gasteiger partial charge in [0.15, 0.2) is 17.4 Å². The van der Waals surface area contributed by atoms with Gasteiger partial charge in [0.1, 0.15) is 0 Å². The van der Waals surface area contributed by atoms with E-state index in [9.17, 15) is 4.79 Å². The summed E-state index contributed by atoms with van der Waals surface area (Å²) >= 11 is 17.3. The molecule has 0 fully saturated rings. The summed E-state index contributed by atoms with van der Waals surface area (Å²) < 4.78 is -1.76. The first-order chi connectivity index (χ1) is 8.62. The molecule has 1 rings (SSSR count). The monoisotopic (exact) mass is 322 g/mol. The summed E-state index contributed by atoms with van der Waals surface area (Å²) in [5.74, 6) is -0.0137. The van der Waals surface area contributed by atoms with E-state index in [1.807, 2.05) is 0 Å². The van der Waals surface area contributed by atoms with Crippen molar-refractivity contribution < 1.29 is 4.79 Å². The molecule has 104 valence electrons. The van der Waals surface area contributed by atoms with Gasteiger partial charge in [0, 0.05) is 14.1 Å². The zero-order valence-corrected chi connectivity index (χ0v) is 13.2. The first kappa shape index (κ1) is 16.1. The number of hydrogen-bond donors (Lipinski definition) is 0. The van der Waals surface area contributed by atoms with Crippen LogP contribution < -0.4 is 0 Å². The van der Waals surface area contributed by atoms with Crippen LogP contribution >= 0.6 is 34.8 Å². The fourth-order valence-corrected chi connectivity index (χ4v) is 1.61. The van der Waals surface area contributed by atoms with Gasteiger partial charge in [0.2, 0.25) is 3.79 Å². The van der Waals surface area contributed by atoms with Gasteiger partial charge in [-0.2, -0.15) is 0 Å². The molecule has 0 unspecified atom stereocenters. The van der Waals surface area contributed by atoms with Crippen LogP contribution in [0, 0.1) is 6.92 Å². The lowest BCUT2D eigenvalue weighted by Gasteiger charge is -2.13. The molecule has 1 heterocycles. The van der Waals surface area contributed by atoms with Crippen LogP contribution in [0.2, 0.25) is 0 Å². The zero-order chi connectivity index (χ0) is 14.8. The molecule has 1 aromatic rings. The molecule has 19 heavy (non-hydrogen) atoms. The predicted octanol–water partition coefficient (Wildman–Crippen LogP) is 3.04. The topological polar surface area (TPSA) is 58.5 Å². The van der Waals surface area contributed by atoms with Gasteiger partial charge < -0.3 is 4.90 Å². The van der Waals surface area contributed by atoms with Crippen molar-refractivity contribution in [1.82, 2.24) is 14.9 Å². The number of Topliss-reactive ketones (excluding diaryl/α,β-unsaturated/α-hetero) is 1. The van der Waals surface area contributed by atoms with Crippen molar-refractivity contribution in [2.24, 2.45) is 4.99 Å². The Kier molecular flexibility index (Phi) is 5.12. The van der Waals surface area contributed by atoms with Crippen molar-refractivity contribution in [2.75, 3.05) is 14.1 Å². The van der Waals surface area contributed by atoms with Gasteiger partial charge in [-0.15, -0.1) is 0 Å². The molecule has 0 aromatic carbocycles. The lowest BCUT2D eigenvalue weighted by molar-refractivity contribution is 0.101. The van der Waals surface area contributed by atoms with E-state index in [4.69, 9.17) is 34.8 Å². The molecule has 0 saturated heterocycles. The maximum Gasteiger partial charge on any atom is 0.250 e. The third kappa shape index (κ3) is 4.30. The Morgan fingerprint density at radius 1 is 1.32 bits per heavy atom.